The standard InChI is InChI=1S/C16H17NOS/c1-2-15(18)19-11-10-17-16(19)14-9-5-7-12-6-3-4-8-13(12)14/h3-9,19H,2,10-11H2,1H3. The molecule has 0 saturated heterocycles. The Morgan fingerprint density at radius 1 is 1.21 bits per heavy atom. The van der Waals surface area contributed by atoms with Crippen LogP contribution < -0.4 is 0 Å². The fourth-order valence-corrected chi connectivity index (χ4v) is 4.67. The van der Waals surface area contributed by atoms with Gasteiger partial charge in [0, 0.05) is 24.3 Å². The van der Waals surface area contributed by atoms with Gasteiger partial charge in [-0.05, 0) is 10.8 Å². The highest BCUT2D eigenvalue weighted by Gasteiger charge is 2.24. The van der Waals surface area contributed by atoms with E-state index in [0.29, 0.717) is 11.5 Å². The third-order valence-electron chi connectivity index (χ3n) is 3.47. The van der Waals surface area contributed by atoms with E-state index in [1.807, 2.05) is 19.1 Å². The SMILES string of the molecule is CCC(=O)[SH]1CCN=C1c1cccc2ccccc12. The van der Waals surface area contributed by atoms with Crippen molar-refractivity contribution in [3.05, 3.63) is 48.0 Å². The molecule has 0 fully saturated rings. The molecule has 1 heterocycles. The van der Waals surface area contributed by atoms with Crippen molar-refractivity contribution in [1.29, 1.82) is 0 Å². The smallest absolute Gasteiger partial charge is 0.174 e. The molecule has 3 rings (SSSR count). The first-order valence-electron chi connectivity index (χ1n) is 6.64. The van der Waals surface area contributed by atoms with Crippen molar-refractivity contribution in [2.24, 2.45) is 4.99 Å². The zero-order valence-corrected chi connectivity index (χ0v) is 11.9. The Bertz CT molecular complexity index is 657. The first-order chi connectivity index (χ1) is 9.31. The number of hydrogen-bond donors (Lipinski definition) is 1. The van der Waals surface area contributed by atoms with Gasteiger partial charge in [-0.25, -0.2) is 0 Å². The van der Waals surface area contributed by atoms with Gasteiger partial charge in [0.2, 0.25) is 0 Å². The maximum Gasteiger partial charge on any atom is 0.174 e. The average Bonchev–Trinajstić information content (AvgIpc) is 2.95. The largest absolute Gasteiger partial charge is 0.289 e. The Morgan fingerprint density at radius 2 is 2.00 bits per heavy atom. The van der Waals surface area contributed by atoms with Crippen LogP contribution in [0.1, 0.15) is 18.9 Å². The molecule has 0 bridgehead atoms. The number of aliphatic imine (C=N–C) groups is 1. The Balaban J connectivity index is 2.12. The molecule has 19 heavy (non-hydrogen) atoms. The molecule has 2 aromatic rings. The molecule has 0 saturated carbocycles. The number of thiol groups is 1. The van der Waals surface area contributed by atoms with Crippen LogP contribution >= 0.6 is 10.9 Å². The molecule has 0 radical (unpaired) electrons. The van der Waals surface area contributed by atoms with Crippen molar-refractivity contribution < 1.29 is 4.79 Å². The van der Waals surface area contributed by atoms with Gasteiger partial charge in [0.05, 0.1) is 5.04 Å². The minimum absolute atomic E-state index is 0.374. The molecule has 0 aliphatic carbocycles. The summed E-state index contributed by atoms with van der Waals surface area (Å²) in [6, 6.07) is 14.6. The van der Waals surface area contributed by atoms with Gasteiger partial charge in [-0.1, -0.05) is 49.4 Å². The molecule has 1 atom stereocenters. The number of fused-ring (bicyclic) bond motifs is 1. The van der Waals surface area contributed by atoms with E-state index in [4.69, 9.17) is 0 Å². The van der Waals surface area contributed by atoms with E-state index in [9.17, 15) is 4.79 Å². The van der Waals surface area contributed by atoms with Crippen LogP contribution in [-0.2, 0) is 4.79 Å². The monoisotopic (exact) mass is 271 g/mol. The number of carbonyl (C=O) groups excluding carboxylic acids is 1. The van der Waals surface area contributed by atoms with Gasteiger partial charge in [-0.15, -0.1) is 10.9 Å². The Kier molecular flexibility index (Phi) is 3.38. The van der Waals surface area contributed by atoms with E-state index in [1.165, 1.54) is 10.8 Å². The van der Waals surface area contributed by atoms with E-state index in [2.05, 4.69) is 35.3 Å². The maximum absolute atomic E-state index is 12.1. The van der Waals surface area contributed by atoms with Crippen LogP contribution in [0.15, 0.2) is 47.5 Å². The van der Waals surface area contributed by atoms with E-state index >= 15 is 0 Å². The van der Waals surface area contributed by atoms with Crippen LogP contribution in [0.3, 0.4) is 0 Å². The minimum Gasteiger partial charge on any atom is -0.289 e. The fourth-order valence-electron chi connectivity index (χ4n) is 2.53. The number of nitrogens with zero attached hydrogens (tertiary/aromatic N) is 1. The van der Waals surface area contributed by atoms with E-state index in [-0.39, 0.29) is 0 Å². The third kappa shape index (κ3) is 2.19. The molecule has 1 unspecified atom stereocenters. The summed E-state index contributed by atoms with van der Waals surface area (Å²) in [4.78, 5) is 16.7. The molecule has 3 heteroatoms. The molecule has 2 aromatic carbocycles. The summed E-state index contributed by atoms with van der Waals surface area (Å²) < 4.78 is 0. The first-order valence-corrected chi connectivity index (χ1v) is 8.17. The van der Waals surface area contributed by atoms with Gasteiger partial charge in [-0.3, -0.25) is 9.79 Å². The lowest BCUT2D eigenvalue weighted by Gasteiger charge is -2.16. The number of carbonyl (C=O) groups is 1. The Morgan fingerprint density at radius 3 is 2.84 bits per heavy atom. The van der Waals surface area contributed by atoms with Crippen molar-refractivity contribution in [2.75, 3.05) is 12.3 Å². The van der Waals surface area contributed by atoms with E-state index in [1.54, 1.807) is 0 Å². The quantitative estimate of drug-likeness (QED) is 0.832. The second kappa shape index (κ2) is 5.17. The summed E-state index contributed by atoms with van der Waals surface area (Å²) in [7, 11) is -0.708. The van der Waals surface area contributed by atoms with Crippen molar-refractivity contribution in [2.45, 2.75) is 13.3 Å². The van der Waals surface area contributed by atoms with E-state index in [0.717, 1.165) is 22.9 Å². The number of rotatable bonds is 2. The lowest BCUT2D eigenvalue weighted by molar-refractivity contribution is -0.110. The van der Waals surface area contributed by atoms with Crippen molar-refractivity contribution in [3.8, 4) is 0 Å². The van der Waals surface area contributed by atoms with E-state index < -0.39 is 10.9 Å². The fraction of sp³-hybridized carbons (Fsp3) is 0.250. The summed E-state index contributed by atoms with van der Waals surface area (Å²) in [6.07, 6.45) is 0.621. The van der Waals surface area contributed by atoms with Gasteiger partial charge in [0.1, 0.15) is 0 Å². The topological polar surface area (TPSA) is 29.4 Å². The molecule has 1 aliphatic rings. The van der Waals surface area contributed by atoms with Crippen LogP contribution in [0.25, 0.3) is 10.8 Å². The molecule has 0 spiro atoms. The molecular weight excluding hydrogens is 254 g/mol. The second-order valence-corrected chi connectivity index (χ2v) is 6.86. The molecule has 1 aliphatic heterocycles. The molecule has 2 nitrogen and oxygen atoms in total. The Labute approximate surface area is 115 Å². The van der Waals surface area contributed by atoms with Crippen molar-refractivity contribution in [3.63, 3.8) is 0 Å². The summed E-state index contributed by atoms with van der Waals surface area (Å²) >= 11 is 0. The number of benzene rings is 2. The van der Waals surface area contributed by atoms with Gasteiger partial charge in [0.25, 0.3) is 0 Å². The zero-order valence-electron chi connectivity index (χ0n) is 11.0. The summed E-state index contributed by atoms with van der Waals surface area (Å²) in [5.41, 5.74) is 1.16. The second-order valence-electron chi connectivity index (χ2n) is 4.63. The highest BCUT2D eigenvalue weighted by atomic mass is 32.2. The third-order valence-corrected chi connectivity index (χ3v) is 5.93. The lowest BCUT2D eigenvalue weighted by Crippen LogP contribution is -2.08. The predicted molar refractivity (Wildman–Crippen MR) is 84.5 cm³/mol. The van der Waals surface area contributed by atoms with Gasteiger partial charge >= 0.3 is 0 Å². The highest BCUT2D eigenvalue weighted by molar-refractivity contribution is 8.41. The van der Waals surface area contributed by atoms with Gasteiger partial charge < -0.3 is 0 Å². The van der Waals surface area contributed by atoms with Crippen molar-refractivity contribution in [1.82, 2.24) is 0 Å². The van der Waals surface area contributed by atoms with Gasteiger partial charge in [0.15, 0.2) is 5.12 Å². The molecular formula is C16H17NOS. The molecule has 0 N–H and O–H groups in total. The summed E-state index contributed by atoms with van der Waals surface area (Å²) in [5, 5.41) is 3.85. The molecule has 98 valence electrons. The maximum atomic E-state index is 12.1. The number of hydrogen-bond acceptors (Lipinski definition) is 2. The van der Waals surface area contributed by atoms with Crippen LogP contribution in [0, 0.1) is 0 Å². The van der Waals surface area contributed by atoms with Crippen LogP contribution in [-0.4, -0.2) is 22.5 Å². The highest BCUT2D eigenvalue weighted by Crippen LogP contribution is 2.39. The lowest BCUT2D eigenvalue weighted by atomic mass is 10.1. The minimum atomic E-state index is -0.708. The first kappa shape index (κ1) is 12.4. The normalized spacial score (nSPS) is 20.5. The average molecular weight is 271 g/mol. The van der Waals surface area contributed by atoms with Crippen LogP contribution in [0.2, 0.25) is 0 Å². The predicted octanol–water partition coefficient (Wildman–Crippen LogP) is 3.54. The molecule has 0 aromatic heterocycles. The summed E-state index contributed by atoms with van der Waals surface area (Å²) in [6.45, 7) is 2.75. The van der Waals surface area contributed by atoms with Crippen LogP contribution in [0.4, 0.5) is 0 Å². The zero-order chi connectivity index (χ0) is 13.2. The summed E-state index contributed by atoms with van der Waals surface area (Å²) in [5.74, 6) is 0.931. The molecule has 0 amide bonds. The Hall–Kier alpha value is -1.61. The van der Waals surface area contributed by atoms with Crippen molar-refractivity contribution >= 4 is 31.8 Å². The van der Waals surface area contributed by atoms with Gasteiger partial charge in [-0.2, -0.15) is 0 Å². The van der Waals surface area contributed by atoms with Crippen LogP contribution in [0.5, 0.6) is 0 Å².